The topological polar surface area (TPSA) is 68.9 Å². The first-order valence-electron chi connectivity index (χ1n) is 7.16. The van der Waals surface area contributed by atoms with Crippen molar-refractivity contribution in [3.05, 3.63) is 30.1 Å². The van der Waals surface area contributed by atoms with Crippen LogP contribution < -0.4 is 15.8 Å². The predicted octanol–water partition coefficient (Wildman–Crippen LogP) is 2.54. The van der Waals surface area contributed by atoms with Crippen LogP contribution in [0.5, 0.6) is 5.75 Å². The highest BCUT2D eigenvalue weighted by Crippen LogP contribution is 2.16. The minimum atomic E-state index is -0.379. The van der Waals surface area contributed by atoms with Crippen LogP contribution in [0.4, 0.5) is 4.39 Å². The number of guanidine groups is 1. The summed E-state index contributed by atoms with van der Waals surface area (Å²) in [5.74, 6) is 0.203. The van der Waals surface area contributed by atoms with Gasteiger partial charge in [-0.3, -0.25) is 0 Å². The standard InChI is InChI=1S/C15H24FN3O2.HI/c1-3-20-10-6-9-18-15(17)19-11-12(2)21-14-8-5-4-7-13(14)16;/h4-5,7-8,12H,3,6,9-11H2,1-2H3,(H3,17,18,19);1H. The molecule has 0 aromatic heterocycles. The van der Waals surface area contributed by atoms with Gasteiger partial charge in [0, 0.05) is 19.8 Å². The maximum absolute atomic E-state index is 13.4. The Bertz CT molecular complexity index is 447. The minimum Gasteiger partial charge on any atom is -0.486 e. The highest BCUT2D eigenvalue weighted by Gasteiger charge is 2.07. The molecule has 0 aliphatic carbocycles. The largest absolute Gasteiger partial charge is 0.486 e. The van der Waals surface area contributed by atoms with E-state index < -0.39 is 0 Å². The zero-order chi connectivity index (χ0) is 15.5. The first-order valence-corrected chi connectivity index (χ1v) is 7.16. The third kappa shape index (κ3) is 9.04. The van der Waals surface area contributed by atoms with Gasteiger partial charge in [0.15, 0.2) is 17.5 Å². The molecule has 1 atom stereocenters. The number of nitrogens with one attached hydrogen (secondary N) is 1. The van der Waals surface area contributed by atoms with E-state index >= 15 is 0 Å². The first-order chi connectivity index (χ1) is 10.1. The highest BCUT2D eigenvalue weighted by atomic mass is 127. The summed E-state index contributed by atoms with van der Waals surface area (Å²) < 4.78 is 24.1. The highest BCUT2D eigenvalue weighted by molar-refractivity contribution is 14.0. The Morgan fingerprint density at radius 2 is 2.14 bits per heavy atom. The van der Waals surface area contributed by atoms with E-state index in [0.29, 0.717) is 32.3 Å². The van der Waals surface area contributed by atoms with E-state index in [1.165, 1.54) is 6.07 Å². The zero-order valence-corrected chi connectivity index (χ0v) is 15.4. The van der Waals surface area contributed by atoms with Crippen molar-refractivity contribution < 1.29 is 13.9 Å². The van der Waals surface area contributed by atoms with Crippen LogP contribution in [-0.4, -0.2) is 38.4 Å². The molecule has 0 spiro atoms. The normalized spacial score (nSPS) is 12.4. The van der Waals surface area contributed by atoms with Crippen LogP contribution in [0, 0.1) is 5.82 Å². The first kappa shape index (κ1) is 20.9. The molecule has 1 unspecified atom stereocenters. The molecular weight excluding hydrogens is 400 g/mol. The van der Waals surface area contributed by atoms with Gasteiger partial charge >= 0.3 is 0 Å². The molecule has 7 heteroatoms. The molecule has 0 radical (unpaired) electrons. The minimum absolute atomic E-state index is 0. The molecule has 1 aromatic carbocycles. The van der Waals surface area contributed by atoms with Gasteiger partial charge in [-0.05, 0) is 32.4 Å². The molecule has 0 saturated carbocycles. The smallest absolute Gasteiger partial charge is 0.188 e. The van der Waals surface area contributed by atoms with Crippen molar-refractivity contribution in [1.82, 2.24) is 5.32 Å². The summed E-state index contributed by atoms with van der Waals surface area (Å²) in [7, 11) is 0. The van der Waals surface area contributed by atoms with Gasteiger partial charge < -0.3 is 20.5 Å². The Kier molecular flexibility index (Phi) is 11.8. The van der Waals surface area contributed by atoms with Crippen molar-refractivity contribution >= 4 is 29.9 Å². The summed E-state index contributed by atoms with van der Waals surface area (Å²) in [5, 5.41) is 2.99. The van der Waals surface area contributed by atoms with Crippen molar-refractivity contribution in [2.24, 2.45) is 10.7 Å². The molecular formula is C15H25FIN3O2. The summed E-state index contributed by atoms with van der Waals surface area (Å²) >= 11 is 0. The van der Waals surface area contributed by atoms with E-state index in [1.807, 2.05) is 13.8 Å². The van der Waals surface area contributed by atoms with E-state index in [0.717, 1.165) is 6.42 Å². The Labute approximate surface area is 148 Å². The molecule has 0 aliphatic heterocycles. The number of halogens is 2. The Balaban J connectivity index is 0.00000441. The van der Waals surface area contributed by atoms with Crippen LogP contribution in [0.2, 0.25) is 0 Å². The van der Waals surface area contributed by atoms with Crippen LogP contribution in [-0.2, 0) is 4.74 Å². The van der Waals surface area contributed by atoms with Crippen molar-refractivity contribution in [2.45, 2.75) is 26.4 Å². The summed E-state index contributed by atoms with van der Waals surface area (Å²) in [4.78, 5) is 4.16. The van der Waals surface area contributed by atoms with Gasteiger partial charge in [-0.1, -0.05) is 12.1 Å². The predicted molar refractivity (Wildman–Crippen MR) is 97.5 cm³/mol. The SMILES string of the molecule is CCOCCCNC(N)=NCC(C)Oc1ccccc1F.I. The van der Waals surface area contributed by atoms with Gasteiger partial charge in [0.25, 0.3) is 0 Å². The summed E-state index contributed by atoms with van der Waals surface area (Å²) in [6.07, 6.45) is 0.608. The molecule has 1 aromatic rings. The molecule has 0 amide bonds. The Hall–Kier alpha value is -1.09. The van der Waals surface area contributed by atoms with Crippen LogP contribution >= 0.6 is 24.0 Å². The quantitative estimate of drug-likeness (QED) is 0.276. The average molecular weight is 425 g/mol. The zero-order valence-electron chi connectivity index (χ0n) is 13.0. The van der Waals surface area contributed by atoms with Gasteiger partial charge in [0.1, 0.15) is 6.10 Å². The van der Waals surface area contributed by atoms with Gasteiger partial charge in [-0.25, -0.2) is 9.38 Å². The van der Waals surface area contributed by atoms with E-state index in [4.69, 9.17) is 15.2 Å². The van der Waals surface area contributed by atoms with Gasteiger partial charge in [-0.15, -0.1) is 24.0 Å². The maximum Gasteiger partial charge on any atom is 0.188 e. The molecule has 1 rings (SSSR count). The van der Waals surface area contributed by atoms with E-state index in [-0.39, 0.29) is 41.6 Å². The van der Waals surface area contributed by atoms with Crippen molar-refractivity contribution in [2.75, 3.05) is 26.3 Å². The number of nitrogens with two attached hydrogens (primary N) is 1. The number of para-hydroxylation sites is 1. The molecule has 0 heterocycles. The van der Waals surface area contributed by atoms with Crippen LogP contribution in [0.3, 0.4) is 0 Å². The maximum atomic E-state index is 13.4. The van der Waals surface area contributed by atoms with Crippen molar-refractivity contribution in [1.29, 1.82) is 0 Å². The lowest BCUT2D eigenvalue weighted by molar-refractivity contribution is 0.145. The number of rotatable bonds is 9. The fourth-order valence-corrected chi connectivity index (χ4v) is 1.61. The molecule has 0 saturated heterocycles. The van der Waals surface area contributed by atoms with E-state index in [1.54, 1.807) is 18.2 Å². The van der Waals surface area contributed by atoms with Crippen LogP contribution in [0.15, 0.2) is 29.3 Å². The number of benzene rings is 1. The second-order valence-electron chi connectivity index (χ2n) is 4.56. The monoisotopic (exact) mass is 425 g/mol. The molecule has 5 nitrogen and oxygen atoms in total. The molecule has 3 N–H and O–H groups in total. The molecule has 126 valence electrons. The summed E-state index contributed by atoms with van der Waals surface area (Å²) in [5.41, 5.74) is 5.73. The number of hydrogen-bond donors (Lipinski definition) is 2. The third-order valence-corrected chi connectivity index (χ3v) is 2.66. The molecule has 0 bridgehead atoms. The number of hydrogen-bond acceptors (Lipinski definition) is 3. The van der Waals surface area contributed by atoms with Crippen molar-refractivity contribution in [3.63, 3.8) is 0 Å². The summed E-state index contributed by atoms with van der Waals surface area (Å²) in [6.45, 7) is 6.26. The Morgan fingerprint density at radius 1 is 1.41 bits per heavy atom. The van der Waals surface area contributed by atoms with Gasteiger partial charge in [0.05, 0.1) is 6.54 Å². The second kappa shape index (κ2) is 12.5. The van der Waals surface area contributed by atoms with E-state index in [9.17, 15) is 4.39 Å². The molecule has 0 fully saturated rings. The molecule has 0 aliphatic rings. The number of aliphatic imine (C=N–C) groups is 1. The van der Waals surface area contributed by atoms with E-state index in [2.05, 4.69) is 10.3 Å². The number of ether oxygens (including phenoxy) is 2. The van der Waals surface area contributed by atoms with Gasteiger partial charge in [0.2, 0.25) is 0 Å². The van der Waals surface area contributed by atoms with Crippen LogP contribution in [0.1, 0.15) is 20.3 Å². The number of nitrogens with zero attached hydrogens (tertiary/aromatic N) is 1. The molecule has 22 heavy (non-hydrogen) atoms. The summed E-state index contributed by atoms with van der Waals surface area (Å²) in [6, 6.07) is 6.29. The van der Waals surface area contributed by atoms with Gasteiger partial charge in [-0.2, -0.15) is 0 Å². The van der Waals surface area contributed by atoms with Crippen LogP contribution in [0.25, 0.3) is 0 Å². The lowest BCUT2D eigenvalue weighted by Gasteiger charge is -2.13. The third-order valence-electron chi connectivity index (χ3n) is 2.66. The Morgan fingerprint density at radius 3 is 2.82 bits per heavy atom. The second-order valence-corrected chi connectivity index (χ2v) is 4.56. The fourth-order valence-electron chi connectivity index (χ4n) is 1.61. The average Bonchev–Trinajstić information content (AvgIpc) is 2.47. The lowest BCUT2D eigenvalue weighted by Crippen LogP contribution is -2.34. The van der Waals surface area contributed by atoms with Crippen molar-refractivity contribution in [3.8, 4) is 5.75 Å². The lowest BCUT2D eigenvalue weighted by atomic mass is 10.3. The fraction of sp³-hybridized carbons (Fsp3) is 0.533.